The number of nitrogens with one attached hydrogen (secondary N) is 1. The lowest BCUT2D eigenvalue weighted by Crippen LogP contribution is -2.63. The minimum Gasteiger partial charge on any atom is -0.495 e. The second-order valence-electron chi connectivity index (χ2n) is 14.6. The van der Waals surface area contributed by atoms with Crippen molar-refractivity contribution in [1.29, 1.82) is 0 Å². The van der Waals surface area contributed by atoms with Crippen molar-refractivity contribution in [2.75, 3.05) is 39.0 Å². The van der Waals surface area contributed by atoms with Crippen LogP contribution < -0.4 is 15.0 Å². The first-order valence-electron chi connectivity index (χ1n) is 17.8. The summed E-state index contributed by atoms with van der Waals surface area (Å²) in [5, 5.41) is 14.8. The molecule has 13 nitrogen and oxygen atoms in total. The van der Waals surface area contributed by atoms with Crippen LogP contribution in [0.5, 0.6) is 5.75 Å². The number of epoxide rings is 1. The van der Waals surface area contributed by atoms with E-state index in [-0.39, 0.29) is 30.2 Å². The third-order valence-corrected chi connectivity index (χ3v) is 11.8. The van der Waals surface area contributed by atoms with E-state index in [1.54, 1.807) is 70.9 Å². The summed E-state index contributed by atoms with van der Waals surface area (Å²) in [7, 11) is 6.06. The average Bonchev–Trinajstić information content (AvgIpc) is 3.79. The van der Waals surface area contributed by atoms with Crippen molar-refractivity contribution in [2.24, 2.45) is 5.92 Å². The van der Waals surface area contributed by atoms with Gasteiger partial charge in [0.05, 0.1) is 25.3 Å². The Balaban J connectivity index is 1.73. The number of amides is 3. The third kappa shape index (κ3) is 9.88. The lowest BCUT2D eigenvalue weighted by atomic mass is 9.83. The number of anilines is 1. The van der Waals surface area contributed by atoms with Crippen LogP contribution in [-0.4, -0.2) is 115 Å². The van der Waals surface area contributed by atoms with E-state index in [4.69, 9.17) is 35.3 Å². The molecule has 4 rings (SSSR count). The molecule has 2 N–H and O–H groups in total. The number of hydrogen-bond donors (Lipinski definition) is 2. The van der Waals surface area contributed by atoms with E-state index in [0.717, 1.165) is 11.1 Å². The standard InChI is InChI=1S/C38H54ClN3O10S/c1-21(2)53-15-14-31(43)41(7)24(5)35(45)51-30-19-32(44)42(8)26-17-25(18-27(48-9)33(26)39)16-22(3)12-11-13-29(49-10)38(47)20-28(50-36(46)40-38)23(4)34-37(30,6)52-34/h11-13,17-18,21,23-24,28-30,34,47H,14-16,19-20H2,1-10H3,(H,40,46)/b13-11-,22-12+/t23-,24+,28+,29-,30-,34?,37+,38+/m0/s1. The molecule has 0 saturated carbocycles. The Kier molecular flexibility index (Phi) is 14.0. The first kappa shape index (κ1) is 42.4. The monoisotopic (exact) mass is 779 g/mol. The highest BCUT2D eigenvalue weighted by Crippen LogP contribution is 2.49. The quantitative estimate of drug-likeness (QED) is 0.256. The maximum atomic E-state index is 14.1. The number of esters is 1. The molecule has 3 aliphatic heterocycles. The highest BCUT2D eigenvalue weighted by atomic mass is 35.5. The van der Waals surface area contributed by atoms with Gasteiger partial charge in [0, 0.05) is 45.7 Å². The van der Waals surface area contributed by atoms with Gasteiger partial charge >= 0.3 is 12.1 Å². The number of likely N-dealkylation sites (N-methyl/N-ethyl adjacent to an activating group) is 1. The summed E-state index contributed by atoms with van der Waals surface area (Å²) in [5.74, 6) is -0.875. The summed E-state index contributed by atoms with van der Waals surface area (Å²) in [6, 6.07) is 2.64. The van der Waals surface area contributed by atoms with Gasteiger partial charge in [0.1, 0.15) is 40.7 Å². The van der Waals surface area contributed by atoms with Crippen molar-refractivity contribution < 1.29 is 48.0 Å². The van der Waals surface area contributed by atoms with Crippen LogP contribution in [0, 0.1) is 5.92 Å². The molecule has 8 atom stereocenters. The molecular weight excluding hydrogens is 726 g/mol. The lowest BCUT2D eigenvalue weighted by molar-refractivity contribution is -0.162. The molecule has 3 aliphatic rings. The van der Waals surface area contributed by atoms with E-state index < -0.39 is 65.7 Å². The predicted molar refractivity (Wildman–Crippen MR) is 203 cm³/mol. The summed E-state index contributed by atoms with van der Waals surface area (Å²) in [4.78, 5) is 56.4. The van der Waals surface area contributed by atoms with E-state index >= 15 is 0 Å². The zero-order valence-corrected chi connectivity index (χ0v) is 33.8. The van der Waals surface area contributed by atoms with E-state index in [0.29, 0.717) is 28.9 Å². The maximum absolute atomic E-state index is 14.1. The van der Waals surface area contributed by atoms with Gasteiger partial charge in [-0.25, -0.2) is 9.59 Å². The minimum atomic E-state index is -1.82. The second kappa shape index (κ2) is 17.4. The minimum absolute atomic E-state index is 0.0450. The van der Waals surface area contributed by atoms with Gasteiger partial charge in [-0.1, -0.05) is 56.2 Å². The van der Waals surface area contributed by atoms with Gasteiger partial charge < -0.3 is 38.6 Å². The van der Waals surface area contributed by atoms with Gasteiger partial charge in [0.25, 0.3) is 0 Å². The van der Waals surface area contributed by atoms with Crippen molar-refractivity contribution in [3.05, 3.63) is 46.5 Å². The molecule has 3 amide bonds. The van der Waals surface area contributed by atoms with Crippen molar-refractivity contribution in [3.8, 4) is 5.75 Å². The number of nitrogens with zero attached hydrogens (tertiary/aromatic N) is 2. The Hall–Kier alpha value is -3.30. The number of fused-ring (bicyclic) bond motifs is 5. The fourth-order valence-corrected chi connectivity index (χ4v) is 7.85. The Morgan fingerprint density at radius 2 is 1.92 bits per heavy atom. The molecule has 0 aromatic heterocycles. The third-order valence-electron chi connectivity index (χ3n) is 10.3. The molecule has 2 saturated heterocycles. The van der Waals surface area contributed by atoms with E-state index in [2.05, 4.69) is 5.32 Å². The number of carbonyl (C=O) groups excluding carboxylic acids is 4. The Labute approximate surface area is 321 Å². The number of hydrogen-bond acceptors (Lipinski definition) is 11. The second-order valence-corrected chi connectivity index (χ2v) is 16.6. The van der Waals surface area contributed by atoms with Crippen molar-refractivity contribution in [2.45, 2.75) is 114 Å². The summed E-state index contributed by atoms with van der Waals surface area (Å²) in [6.07, 6.45) is 1.26. The molecule has 1 unspecified atom stereocenters. The van der Waals surface area contributed by atoms with Crippen LogP contribution in [0.1, 0.15) is 66.4 Å². The number of allylic oxidation sites excluding steroid dienone is 3. The normalized spacial score (nSPS) is 31.3. The summed E-state index contributed by atoms with van der Waals surface area (Å²) in [5.41, 5.74) is -0.883. The van der Waals surface area contributed by atoms with E-state index in [1.165, 1.54) is 24.0 Å². The lowest BCUT2D eigenvalue weighted by Gasteiger charge is -2.42. The molecule has 15 heteroatoms. The number of methoxy groups -OCH3 is 2. The van der Waals surface area contributed by atoms with Gasteiger partial charge in [0.2, 0.25) is 11.8 Å². The number of ether oxygens (including phenoxy) is 5. The Morgan fingerprint density at radius 3 is 2.57 bits per heavy atom. The first-order chi connectivity index (χ1) is 24.8. The fourth-order valence-electron chi connectivity index (χ4n) is 6.78. The maximum Gasteiger partial charge on any atom is 0.409 e. The number of benzene rings is 1. The van der Waals surface area contributed by atoms with Crippen molar-refractivity contribution >= 4 is 52.9 Å². The van der Waals surface area contributed by atoms with Crippen molar-refractivity contribution in [3.63, 3.8) is 0 Å². The number of aliphatic hydroxyl groups is 1. The number of halogens is 1. The molecular formula is C38H54ClN3O10S. The van der Waals surface area contributed by atoms with Crippen LogP contribution in [0.3, 0.4) is 0 Å². The van der Waals surface area contributed by atoms with E-state index in [9.17, 15) is 24.3 Å². The number of rotatable bonds is 9. The van der Waals surface area contributed by atoms with Crippen LogP contribution in [0.2, 0.25) is 5.02 Å². The largest absolute Gasteiger partial charge is 0.495 e. The van der Waals surface area contributed by atoms with Gasteiger partial charge in [-0.05, 0) is 50.1 Å². The molecule has 1 aromatic rings. The average molecular weight is 780 g/mol. The van der Waals surface area contributed by atoms with Crippen LogP contribution in [0.4, 0.5) is 10.5 Å². The Bertz CT molecular complexity index is 1610. The number of alkyl carbamates (subject to hydrolysis) is 1. The van der Waals surface area contributed by atoms with Crippen LogP contribution in [0.15, 0.2) is 35.9 Å². The molecule has 1 aromatic carbocycles. The van der Waals surface area contributed by atoms with Gasteiger partial charge in [0.15, 0.2) is 5.72 Å². The van der Waals surface area contributed by atoms with Crippen LogP contribution in [-0.2, 0) is 39.8 Å². The summed E-state index contributed by atoms with van der Waals surface area (Å²) in [6.45, 7) is 11.1. The molecule has 0 radical (unpaired) electrons. The van der Waals surface area contributed by atoms with Crippen molar-refractivity contribution in [1.82, 2.24) is 10.2 Å². The van der Waals surface area contributed by atoms with Gasteiger partial charge in [-0.3, -0.25) is 14.9 Å². The SMILES string of the molecule is COc1cc2cc(c1Cl)N(C)C(=O)C[C@H](OC(=O)[C@@H](C)N(C)C(=O)CCSC(C)C)[C@@]1(C)OC1[C@@H](C)[C@H]1C[C@](O)(NC(=O)O1)[C@@H](OC)/C=C\C=C(/C)C2. The summed E-state index contributed by atoms with van der Waals surface area (Å²) >= 11 is 8.41. The van der Waals surface area contributed by atoms with Gasteiger partial charge in [-0.15, -0.1) is 0 Å². The molecule has 0 aliphatic carbocycles. The molecule has 53 heavy (non-hydrogen) atoms. The number of thioether (sulfide) groups is 1. The Morgan fingerprint density at radius 1 is 1.23 bits per heavy atom. The topological polar surface area (TPSA) is 156 Å². The molecule has 2 fully saturated rings. The molecule has 0 spiro atoms. The highest BCUT2D eigenvalue weighted by molar-refractivity contribution is 7.99. The van der Waals surface area contributed by atoms with Crippen LogP contribution >= 0.6 is 23.4 Å². The zero-order valence-electron chi connectivity index (χ0n) is 32.3. The van der Waals surface area contributed by atoms with Crippen LogP contribution in [0.25, 0.3) is 0 Å². The number of carbonyl (C=O) groups is 4. The highest BCUT2D eigenvalue weighted by Gasteiger charge is 2.64. The smallest absolute Gasteiger partial charge is 0.409 e. The van der Waals surface area contributed by atoms with E-state index in [1.807, 2.05) is 26.8 Å². The molecule has 3 heterocycles. The molecule has 294 valence electrons. The first-order valence-corrected chi connectivity index (χ1v) is 19.2. The predicted octanol–water partition coefficient (Wildman–Crippen LogP) is 5.05. The van der Waals surface area contributed by atoms with Gasteiger partial charge in [-0.2, -0.15) is 11.8 Å². The zero-order chi connectivity index (χ0) is 39.4. The fraction of sp³-hybridized carbons (Fsp3) is 0.632. The summed E-state index contributed by atoms with van der Waals surface area (Å²) < 4.78 is 29.2. The molecule has 4 bridgehead atoms.